The monoisotopic (exact) mass is 838 g/mol. The molecule has 6 rings (SSSR count). The number of anilines is 3. The molecule has 0 saturated heterocycles. The second kappa shape index (κ2) is 20.6. The van der Waals surface area contributed by atoms with E-state index in [9.17, 15) is 24.0 Å². The Bertz CT molecular complexity index is 2490. The van der Waals surface area contributed by atoms with Gasteiger partial charge in [-0.05, 0) is 98.1 Å². The van der Waals surface area contributed by atoms with Crippen LogP contribution >= 0.6 is 23.1 Å². The highest BCUT2D eigenvalue weighted by Gasteiger charge is 2.30. The van der Waals surface area contributed by atoms with Crippen LogP contribution in [-0.2, 0) is 14.3 Å². The third-order valence-electron chi connectivity index (χ3n) is 8.82. The number of esters is 1. The van der Waals surface area contributed by atoms with Crippen LogP contribution in [-0.4, -0.2) is 42.8 Å². The minimum atomic E-state index is -0.837. The number of thioether (sulfide) groups is 1. The number of thiophene rings is 1. The van der Waals surface area contributed by atoms with Crippen molar-refractivity contribution in [2.24, 2.45) is 0 Å². The summed E-state index contributed by atoms with van der Waals surface area (Å²) in [5.41, 5.74) is 3.19. The topological polar surface area (TPSA) is 152 Å². The fourth-order valence-corrected chi connectivity index (χ4v) is 8.15. The minimum absolute atomic E-state index is 0.00748. The van der Waals surface area contributed by atoms with Crippen LogP contribution < -0.4 is 26.0 Å². The molecule has 1 aromatic heterocycles. The molecule has 0 saturated carbocycles. The number of ether oxygens (including phenoxy) is 2. The lowest BCUT2D eigenvalue weighted by Gasteiger charge is -2.18. The molecule has 4 N–H and O–H groups in total. The summed E-state index contributed by atoms with van der Waals surface area (Å²) in [5.74, 6) is -1.90. The number of benzene rings is 5. The molecule has 304 valence electrons. The lowest BCUT2D eigenvalue weighted by Crippen LogP contribution is -2.30. The summed E-state index contributed by atoms with van der Waals surface area (Å²) in [6.45, 7) is 5.82. The predicted octanol–water partition coefficient (Wildman–Crippen LogP) is 9.77. The van der Waals surface area contributed by atoms with Crippen molar-refractivity contribution in [3.05, 3.63) is 178 Å². The molecule has 0 fully saturated rings. The number of para-hydroxylation sites is 1. The maximum Gasteiger partial charge on any atom is 0.341 e. The summed E-state index contributed by atoms with van der Waals surface area (Å²) in [5, 5.41) is 10.8. The van der Waals surface area contributed by atoms with Crippen LogP contribution in [0.15, 0.2) is 150 Å². The lowest BCUT2D eigenvalue weighted by molar-refractivity contribution is -0.116. The fourth-order valence-electron chi connectivity index (χ4n) is 5.97. The lowest BCUT2D eigenvalue weighted by atomic mass is 10.1. The van der Waals surface area contributed by atoms with Crippen molar-refractivity contribution in [2.45, 2.75) is 30.9 Å². The van der Waals surface area contributed by atoms with Gasteiger partial charge in [0.2, 0.25) is 5.91 Å². The first kappa shape index (κ1) is 42.6. The molecule has 6 aromatic rings. The third-order valence-corrected chi connectivity index (χ3v) is 11.3. The molecule has 1 heterocycles. The van der Waals surface area contributed by atoms with Crippen LogP contribution in [0.4, 0.5) is 16.4 Å². The number of hydrogen-bond acceptors (Lipinski definition) is 9. The highest BCUT2D eigenvalue weighted by molar-refractivity contribution is 8.00. The van der Waals surface area contributed by atoms with E-state index in [-0.39, 0.29) is 27.7 Å². The minimum Gasteiger partial charge on any atom is -0.494 e. The van der Waals surface area contributed by atoms with Gasteiger partial charge in [-0.2, -0.15) is 0 Å². The molecule has 1 unspecified atom stereocenters. The van der Waals surface area contributed by atoms with Gasteiger partial charge in [0.25, 0.3) is 17.7 Å². The summed E-state index contributed by atoms with van der Waals surface area (Å²) in [7, 11) is 0. The summed E-state index contributed by atoms with van der Waals surface area (Å²) < 4.78 is 10.9. The van der Waals surface area contributed by atoms with E-state index >= 15 is 0 Å². The number of nitrogens with one attached hydrogen (secondary N) is 4. The van der Waals surface area contributed by atoms with E-state index in [0.717, 1.165) is 11.3 Å². The van der Waals surface area contributed by atoms with E-state index < -0.39 is 34.8 Å². The van der Waals surface area contributed by atoms with Crippen molar-refractivity contribution in [3.8, 4) is 5.75 Å². The average Bonchev–Trinajstić information content (AvgIpc) is 3.59. The standard InChI is InChI=1S/C47H42N4O7S2/c1-4-57-36-26-24-31(25-27-36)28-38(50-42(52)33-18-11-7-12-19-33)43(53)49-35-22-15-23-37(29-35)59-41(32-16-9-6-10-17-32)45(55)51-46-39(47(56)58-5-2)30(3)40(60-46)44(54)48-34-20-13-8-14-21-34/h6-29,41H,4-5H2,1-3H3,(H,48,54)(H,49,53)(H,50,52)(H,51,55)/b38-28+. The van der Waals surface area contributed by atoms with E-state index in [1.807, 2.05) is 49.4 Å². The van der Waals surface area contributed by atoms with Gasteiger partial charge < -0.3 is 30.7 Å². The zero-order valence-electron chi connectivity index (χ0n) is 33.0. The molecule has 5 aromatic carbocycles. The van der Waals surface area contributed by atoms with Crippen molar-refractivity contribution >= 4 is 75.1 Å². The molecule has 60 heavy (non-hydrogen) atoms. The zero-order valence-corrected chi connectivity index (χ0v) is 34.7. The van der Waals surface area contributed by atoms with E-state index in [2.05, 4.69) is 21.3 Å². The summed E-state index contributed by atoms with van der Waals surface area (Å²) in [4.78, 5) is 69.0. The Morgan fingerprint density at radius 2 is 1.35 bits per heavy atom. The van der Waals surface area contributed by atoms with Crippen molar-refractivity contribution < 1.29 is 33.4 Å². The van der Waals surface area contributed by atoms with Crippen LogP contribution in [0.1, 0.15) is 66.2 Å². The van der Waals surface area contributed by atoms with Crippen molar-refractivity contribution in [1.29, 1.82) is 0 Å². The van der Waals surface area contributed by atoms with Crippen LogP contribution in [0, 0.1) is 6.92 Å². The van der Waals surface area contributed by atoms with Gasteiger partial charge in [-0.1, -0.05) is 84.9 Å². The molecule has 13 heteroatoms. The first-order chi connectivity index (χ1) is 29.1. The Hall–Kier alpha value is -6.96. The Labute approximate surface area is 356 Å². The van der Waals surface area contributed by atoms with Crippen molar-refractivity contribution in [3.63, 3.8) is 0 Å². The molecular weight excluding hydrogens is 797 g/mol. The highest BCUT2D eigenvalue weighted by atomic mass is 32.2. The van der Waals surface area contributed by atoms with Crippen LogP contribution in [0.5, 0.6) is 5.75 Å². The van der Waals surface area contributed by atoms with E-state index in [1.54, 1.807) is 117 Å². The Morgan fingerprint density at radius 3 is 2.02 bits per heavy atom. The SMILES string of the molecule is CCOC(=O)c1c(NC(=O)C(Sc2cccc(NC(=O)/C(=C\c3ccc(OCC)cc3)NC(=O)c3ccccc3)c2)c2ccccc2)sc(C(=O)Nc2ccccc2)c1C. The number of carbonyl (C=O) groups excluding carboxylic acids is 5. The third kappa shape index (κ3) is 11.2. The molecule has 0 aliphatic heterocycles. The molecule has 1 atom stereocenters. The fraction of sp³-hybridized carbons (Fsp3) is 0.128. The molecule has 0 spiro atoms. The maximum absolute atomic E-state index is 14.3. The molecule has 11 nitrogen and oxygen atoms in total. The average molecular weight is 839 g/mol. The van der Waals surface area contributed by atoms with Gasteiger partial charge in [-0.25, -0.2) is 4.79 Å². The second-order valence-electron chi connectivity index (χ2n) is 13.1. The second-order valence-corrected chi connectivity index (χ2v) is 15.3. The van der Waals surface area contributed by atoms with Crippen LogP contribution in [0.2, 0.25) is 0 Å². The van der Waals surface area contributed by atoms with Gasteiger partial charge in [-0.3, -0.25) is 19.2 Å². The van der Waals surface area contributed by atoms with Gasteiger partial charge >= 0.3 is 5.97 Å². The first-order valence-electron chi connectivity index (χ1n) is 19.0. The molecule has 4 amide bonds. The Kier molecular flexibility index (Phi) is 14.7. The van der Waals surface area contributed by atoms with Gasteiger partial charge in [0.05, 0.1) is 23.7 Å². The van der Waals surface area contributed by atoms with E-state index in [1.165, 1.54) is 11.8 Å². The number of hydrogen-bond donors (Lipinski definition) is 4. The van der Waals surface area contributed by atoms with E-state index in [0.29, 0.717) is 50.9 Å². The molecule has 0 aliphatic rings. The molecular formula is C47H42N4O7S2. The predicted molar refractivity (Wildman–Crippen MR) is 238 cm³/mol. The molecule has 0 bridgehead atoms. The molecule has 0 aliphatic carbocycles. The maximum atomic E-state index is 14.3. The number of rotatable bonds is 16. The number of carbonyl (C=O) groups is 5. The van der Waals surface area contributed by atoms with Crippen LogP contribution in [0.25, 0.3) is 6.08 Å². The van der Waals surface area contributed by atoms with E-state index in [4.69, 9.17) is 9.47 Å². The van der Waals surface area contributed by atoms with Gasteiger partial charge in [0, 0.05) is 21.8 Å². The van der Waals surface area contributed by atoms with Gasteiger partial charge in [0.1, 0.15) is 21.7 Å². The van der Waals surface area contributed by atoms with Gasteiger partial charge in [-0.15, -0.1) is 23.1 Å². The Morgan fingerprint density at radius 1 is 0.700 bits per heavy atom. The largest absolute Gasteiger partial charge is 0.494 e. The molecule has 0 radical (unpaired) electrons. The number of amides is 4. The first-order valence-corrected chi connectivity index (χ1v) is 20.7. The van der Waals surface area contributed by atoms with Crippen molar-refractivity contribution in [1.82, 2.24) is 5.32 Å². The Balaban J connectivity index is 1.26. The summed E-state index contributed by atoms with van der Waals surface area (Å²) in [6.07, 6.45) is 1.58. The summed E-state index contributed by atoms with van der Waals surface area (Å²) >= 11 is 2.22. The van der Waals surface area contributed by atoms with Gasteiger partial charge in [0.15, 0.2) is 0 Å². The quantitative estimate of drug-likeness (QED) is 0.0427. The highest BCUT2D eigenvalue weighted by Crippen LogP contribution is 2.40. The normalized spacial score (nSPS) is 11.5. The zero-order chi connectivity index (χ0) is 42.4. The smallest absolute Gasteiger partial charge is 0.341 e. The van der Waals surface area contributed by atoms with Crippen molar-refractivity contribution in [2.75, 3.05) is 29.2 Å². The van der Waals surface area contributed by atoms with Crippen LogP contribution in [0.3, 0.4) is 0 Å². The summed E-state index contributed by atoms with van der Waals surface area (Å²) in [6, 6.07) is 40.7.